The maximum atomic E-state index is 2.47. The smallest absolute Gasteiger partial charge is 0.0641 e. The number of hydrogen-bond donors (Lipinski definition) is 0. The minimum absolute atomic E-state index is 1.15. The van der Waals surface area contributed by atoms with E-state index in [4.69, 9.17) is 0 Å². The van der Waals surface area contributed by atoms with Crippen molar-refractivity contribution in [2.45, 2.75) is 0 Å². The molecular weight excluding hydrogens is 605 g/mol. The van der Waals surface area contributed by atoms with Crippen LogP contribution in [0.2, 0.25) is 0 Å². The topological polar surface area (TPSA) is 9.86 Å². The average molecular weight is 637 g/mol. The molecule has 234 valence electrons. The summed E-state index contributed by atoms with van der Waals surface area (Å²) in [5.41, 5.74) is 14.4. The molecule has 2 nitrogen and oxygen atoms in total. The van der Waals surface area contributed by atoms with Crippen LogP contribution in [0.5, 0.6) is 0 Å². The second kappa shape index (κ2) is 11.5. The zero-order valence-corrected chi connectivity index (χ0v) is 27.4. The molecule has 0 aliphatic rings. The van der Waals surface area contributed by atoms with Gasteiger partial charge in [0.05, 0.1) is 27.8 Å². The van der Waals surface area contributed by atoms with Crippen molar-refractivity contribution in [3.63, 3.8) is 0 Å². The number of aromatic nitrogens is 2. The summed E-state index contributed by atoms with van der Waals surface area (Å²) >= 11 is 0. The van der Waals surface area contributed by atoms with Gasteiger partial charge in [0, 0.05) is 32.8 Å². The highest BCUT2D eigenvalue weighted by molar-refractivity contribution is 6.26. The molecule has 0 aliphatic heterocycles. The molecule has 2 heterocycles. The summed E-state index contributed by atoms with van der Waals surface area (Å²) < 4.78 is 4.94. The molecule has 0 fully saturated rings. The predicted octanol–water partition coefficient (Wildman–Crippen LogP) is 12.9. The Bertz CT molecular complexity index is 2840. The maximum absolute atomic E-state index is 2.47. The quantitative estimate of drug-likeness (QED) is 0.178. The monoisotopic (exact) mass is 636 g/mol. The number of nitrogens with zero attached hydrogens (tertiary/aromatic N) is 2. The molecule has 0 radical (unpaired) electrons. The molecule has 8 aromatic carbocycles. The molecule has 10 aromatic rings. The molecule has 0 aliphatic carbocycles. The molecule has 10 rings (SSSR count). The highest BCUT2D eigenvalue weighted by Gasteiger charge is 2.22. The predicted molar refractivity (Wildman–Crippen MR) is 211 cm³/mol. The fourth-order valence-corrected chi connectivity index (χ4v) is 7.95. The summed E-state index contributed by atoms with van der Waals surface area (Å²) in [6.45, 7) is 0. The molecule has 0 bridgehead atoms. The Morgan fingerprint density at radius 2 is 0.820 bits per heavy atom. The molecule has 0 atom stereocenters. The van der Waals surface area contributed by atoms with E-state index >= 15 is 0 Å². The fraction of sp³-hybridized carbons (Fsp3) is 0. The van der Waals surface area contributed by atoms with Crippen LogP contribution < -0.4 is 0 Å². The first kappa shape index (κ1) is 28.4. The van der Waals surface area contributed by atoms with Crippen molar-refractivity contribution >= 4 is 43.6 Å². The first-order chi connectivity index (χ1) is 24.8. The minimum Gasteiger partial charge on any atom is -0.309 e. The Balaban J connectivity index is 1.28. The van der Waals surface area contributed by atoms with Crippen molar-refractivity contribution in [1.82, 2.24) is 9.13 Å². The number of para-hydroxylation sites is 3. The van der Waals surface area contributed by atoms with Gasteiger partial charge in [0.1, 0.15) is 0 Å². The van der Waals surface area contributed by atoms with Crippen LogP contribution in [0.15, 0.2) is 194 Å². The lowest BCUT2D eigenvalue weighted by atomic mass is 9.93. The first-order valence-electron chi connectivity index (χ1n) is 17.2. The molecule has 0 amide bonds. The molecule has 50 heavy (non-hydrogen) atoms. The van der Waals surface area contributed by atoms with E-state index in [0.717, 1.165) is 11.4 Å². The molecule has 0 spiro atoms. The largest absolute Gasteiger partial charge is 0.309 e. The second-order valence-corrected chi connectivity index (χ2v) is 12.9. The SMILES string of the molecule is c1ccc(-c2ccc(-n3c4ccccc4c4ccc5c(c6ccccc6n5-c5ccccc5-c5ccccc5-c5ccccc5)c43)cc2)cc1. The highest BCUT2D eigenvalue weighted by Crippen LogP contribution is 2.44. The molecule has 0 N–H and O–H groups in total. The van der Waals surface area contributed by atoms with E-state index in [9.17, 15) is 0 Å². The molecule has 0 unspecified atom stereocenters. The van der Waals surface area contributed by atoms with Gasteiger partial charge in [0.25, 0.3) is 0 Å². The van der Waals surface area contributed by atoms with Gasteiger partial charge in [-0.05, 0) is 64.2 Å². The van der Waals surface area contributed by atoms with Crippen LogP contribution in [0, 0.1) is 0 Å². The van der Waals surface area contributed by atoms with Crippen LogP contribution in [0.4, 0.5) is 0 Å². The Hall–Kier alpha value is -6.64. The lowest BCUT2D eigenvalue weighted by molar-refractivity contribution is 1.17. The molecule has 2 heteroatoms. The number of hydrogen-bond acceptors (Lipinski definition) is 0. The second-order valence-electron chi connectivity index (χ2n) is 12.9. The van der Waals surface area contributed by atoms with Crippen molar-refractivity contribution in [2.75, 3.05) is 0 Å². The normalized spacial score (nSPS) is 11.6. The standard InChI is InChI=1S/C48H32N2/c1-3-15-33(16-4-1)34-27-29-36(30-28-34)49-43-24-12-10-22-40(43)41-31-32-46-47(48(41)49)42-23-11-14-26-45(42)50(46)44-25-13-9-21-39(44)38-20-8-7-19-37(38)35-17-5-2-6-18-35/h1-32H. The average Bonchev–Trinajstić information content (AvgIpc) is 3.72. The van der Waals surface area contributed by atoms with E-state index in [2.05, 4.69) is 203 Å². The zero-order chi connectivity index (χ0) is 33.0. The highest BCUT2D eigenvalue weighted by atomic mass is 15.0. The number of fused-ring (bicyclic) bond motifs is 7. The molecule has 2 aromatic heterocycles. The van der Waals surface area contributed by atoms with Crippen LogP contribution >= 0.6 is 0 Å². The van der Waals surface area contributed by atoms with Crippen LogP contribution in [0.1, 0.15) is 0 Å². The van der Waals surface area contributed by atoms with E-state index < -0.39 is 0 Å². The van der Waals surface area contributed by atoms with E-state index in [1.165, 1.54) is 77.0 Å². The third kappa shape index (κ3) is 4.36. The van der Waals surface area contributed by atoms with Crippen molar-refractivity contribution in [2.24, 2.45) is 0 Å². The van der Waals surface area contributed by atoms with E-state index in [-0.39, 0.29) is 0 Å². The van der Waals surface area contributed by atoms with Gasteiger partial charge in [-0.3, -0.25) is 0 Å². The van der Waals surface area contributed by atoms with Gasteiger partial charge in [-0.25, -0.2) is 0 Å². The number of rotatable bonds is 5. The Morgan fingerprint density at radius 3 is 1.56 bits per heavy atom. The fourth-order valence-electron chi connectivity index (χ4n) is 7.95. The van der Waals surface area contributed by atoms with Crippen molar-refractivity contribution in [3.05, 3.63) is 194 Å². The molecular formula is C48H32N2. The lowest BCUT2D eigenvalue weighted by Gasteiger charge is -2.17. The third-order valence-corrected chi connectivity index (χ3v) is 10.1. The summed E-state index contributed by atoms with van der Waals surface area (Å²) in [4.78, 5) is 0. The van der Waals surface area contributed by atoms with E-state index in [1.54, 1.807) is 0 Å². The van der Waals surface area contributed by atoms with Gasteiger partial charge in [-0.15, -0.1) is 0 Å². The van der Waals surface area contributed by atoms with Gasteiger partial charge in [-0.2, -0.15) is 0 Å². The van der Waals surface area contributed by atoms with Gasteiger partial charge in [-0.1, -0.05) is 158 Å². The van der Waals surface area contributed by atoms with E-state index in [0.29, 0.717) is 0 Å². The molecule has 0 saturated heterocycles. The lowest BCUT2D eigenvalue weighted by Crippen LogP contribution is -1.98. The van der Waals surface area contributed by atoms with Crippen LogP contribution in [-0.2, 0) is 0 Å². The summed E-state index contributed by atoms with van der Waals surface area (Å²) in [5, 5.41) is 5.01. The third-order valence-electron chi connectivity index (χ3n) is 10.1. The van der Waals surface area contributed by atoms with Gasteiger partial charge >= 0.3 is 0 Å². The van der Waals surface area contributed by atoms with Gasteiger partial charge in [0.2, 0.25) is 0 Å². The summed E-state index contributed by atoms with van der Waals surface area (Å²) in [6, 6.07) is 70.3. The van der Waals surface area contributed by atoms with Crippen LogP contribution in [0.25, 0.3) is 88.4 Å². The first-order valence-corrected chi connectivity index (χ1v) is 17.2. The van der Waals surface area contributed by atoms with Crippen molar-refractivity contribution in [3.8, 4) is 44.8 Å². The summed E-state index contributed by atoms with van der Waals surface area (Å²) in [5.74, 6) is 0. The van der Waals surface area contributed by atoms with Crippen LogP contribution in [0.3, 0.4) is 0 Å². The Labute approximate surface area is 290 Å². The maximum Gasteiger partial charge on any atom is 0.0641 e. The van der Waals surface area contributed by atoms with Gasteiger partial charge < -0.3 is 9.13 Å². The summed E-state index contributed by atoms with van der Waals surface area (Å²) in [6.07, 6.45) is 0. The Morgan fingerprint density at radius 1 is 0.280 bits per heavy atom. The molecule has 0 saturated carbocycles. The van der Waals surface area contributed by atoms with Crippen molar-refractivity contribution in [1.29, 1.82) is 0 Å². The van der Waals surface area contributed by atoms with Gasteiger partial charge in [0.15, 0.2) is 0 Å². The van der Waals surface area contributed by atoms with E-state index in [1.807, 2.05) is 0 Å². The zero-order valence-electron chi connectivity index (χ0n) is 27.4. The van der Waals surface area contributed by atoms with Crippen LogP contribution in [-0.4, -0.2) is 9.13 Å². The van der Waals surface area contributed by atoms with Crippen molar-refractivity contribution < 1.29 is 0 Å². The summed E-state index contributed by atoms with van der Waals surface area (Å²) in [7, 11) is 0. The minimum atomic E-state index is 1.15. The Kier molecular flexibility index (Phi) is 6.53. The number of benzene rings is 8.